The minimum Gasteiger partial charge on any atom is -0.397 e. The summed E-state index contributed by atoms with van der Waals surface area (Å²) >= 11 is 8.36. The maximum Gasteiger partial charge on any atom is 0.251 e. The number of benzene rings is 2. The van der Waals surface area contributed by atoms with Crippen LogP contribution in [0.4, 0.5) is 17.1 Å². The van der Waals surface area contributed by atoms with Crippen LogP contribution in [0.3, 0.4) is 0 Å². The fourth-order valence-electron chi connectivity index (χ4n) is 1.69. The van der Waals surface area contributed by atoms with E-state index in [0.29, 0.717) is 22.0 Å². The Morgan fingerprint density at radius 1 is 1.20 bits per heavy atom. The Morgan fingerprint density at radius 3 is 2.60 bits per heavy atom. The first-order valence-corrected chi connectivity index (χ1v) is 7.30. The van der Waals surface area contributed by atoms with Gasteiger partial charge in [-0.3, -0.25) is 4.79 Å². The van der Waals surface area contributed by atoms with E-state index < -0.39 is 0 Å². The van der Waals surface area contributed by atoms with Crippen LogP contribution in [0.15, 0.2) is 36.4 Å². The lowest BCUT2D eigenvalue weighted by atomic mass is 10.1. The summed E-state index contributed by atoms with van der Waals surface area (Å²) < 4.78 is 1.05. The average molecular weight is 402 g/mol. The van der Waals surface area contributed by atoms with Crippen molar-refractivity contribution in [1.82, 2.24) is 5.32 Å². The van der Waals surface area contributed by atoms with Gasteiger partial charge in [0, 0.05) is 16.2 Å². The Morgan fingerprint density at radius 2 is 1.95 bits per heavy atom. The molecule has 0 aliphatic heterocycles. The second-order valence-electron chi connectivity index (χ2n) is 4.13. The molecular formula is C14H13ClIN3O. The monoisotopic (exact) mass is 401 g/mol. The molecule has 104 valence electrons. The van der Waals surface area contributed by atoms with Crippen molar-refractivity contribution in [2.75, 3.05) is 18.1 Å². The van der Waals surface area contributed by atoms with Gasteiger partial charge < -0.3 is 16.4 Å². The van der Waals surface area contributed by atoms with Gasteiger partial charge in [0.1, 0.15) is 0 Å². The van der Waals surface area contributed by atoms with Crippen LogP contribution in [0, 0.1) is 3.57 Å². The molecule has 2 rings (SSSR count). The number of hydrogen-bond acceptors (Lipinski definition) is 3. The van der Waals surface area contributed by atoms with E-state index in [2.05, 4.69) is 33.2 Å². The summed E-state index contributed by atoms with van der Waals surface area (Å²) in [6, 6.07) is 10.7. The van der Waals surface area contributed by atoms with E-state index in [-0.39, 0.29) is 5.91 Å². The highest BCUT2D eigenvalue weighted by molar-refractivity contribution is 14.1. The number of rotatable bonds is 3. The zero-order chi connectivity index (χ0) is 14.7. The molecule has 0 heterocycles. The summed E-state index contributed by atoms with van der Waals surface area (Å²) in [4.78, 5) is 11.6. The number of amides is 1. The summed E-state index contributed by atoms with van der Waals surface area (Å²) in [6.07, 6.45) is 0. The molecule has 0 unspecified atom stereocenters. The largest absolute Gasteiger partial charge is 0.397 e. The van der Waals surface area contributed by atoms with Gasteiger partial charge in [-0.2, -0.15) is 0 Å². The van der Waals surface area contributed by atoms with E-state index in [9.17, 15) is 4.79 Å². The molecule has 0 aromatic heterocycles. The third-order valence-corrected chi connectivity index (χ3v) is 3.73. The van der Waals surface area contributed by atoms with Gasteiger partial charge >= 0.3 is 0 Å². The van der Waals surface area contributed by atoms with Crippen LogP contribution in [0.1, 0.15) is 10.4 Å². The molecule has 0 saturated heterocycles. The zero-order valence-electron chi connectivity index (χ0n) is 10.7. The molecule has 2 aromatic carbocycles. The number of nitrogen functional groups attached to an aromatic ring is 1. The highest BCUT2D eigenvalue weighted by Crippen LogP contribution is 2.30. The van der Waals surface area contributed by atoms with Crippen LogP contribution >= 0.6 is 34.2 Å². The maximum atomic E-state index is 11.6. The number of halogens is 2. The van der Waals surface area contributed by atoms with Crippen LogP contribution in [0.2, 0.25) is 5.02 Å². The molecule has 6 heteroatoms. The first-order valence-electron chi connectivity index (χ1n) is 5.85. The zero-order valence-corrected chi connectivity index (χ0v) is 13.6. The smallest absolute Gasteiger partial charge is 0.251 e. The van der Waals surface area contributed by atoms with Crippen LogP contribution < -0.4 is 16.4 Å². The number of hydrogen-bond donors (Lipinski definition) is 3. The van der Waals surface area contributed by atoms with Gasteiger partial charge in [0.2, 0.25) is 0 Å². The summed E-state index contributed by atoms with van der Waals surface area (Å²) in [5.41, 5.74) is 8.39. The fourth-order valence-corrected chi connectivity index (χ4v) is 2.59. The Hall–Kier alpha value is -1.47. The first-order chi connectivity index (χ1) is 9.51. The topological polar surface area (TPSA) is 67.2 Å². The van der Waals surface area contributed by atoms with Crippen molar-refractivity contribution in [3.05, 3.63) is 50.6 Å². The molecule has 0 atom stereocenters. The van der Waals surface area contributed by atoms with Gasteiger partial charge in [-0.05, 0) is 59.0 Å². The molecule has 0 saturated carbocycles. The van der Waals surface area contributed by atoms with Gasteiger partial charge in [0.05, 0.1) is 22.1 Å². The Bertz CT molecular complexity index is 661. The molecule has 0 spiro atoms. The predicted molar refractivity (Wildman–Crippen MR) is 91.7 cm³/mol. The minimum absolute atomic E-state index is 0.165. The predicted octanol–water partition coefficient (Wildman–Crippen LogP) is 3.63. The highest BCUT2D eigenvalue weighted by atomic mass is 127. The molecule has 0 bridgehead atoms. The SMILES string of the molecule is CNC(=O)c1ccc(N)c(Nc2ccc(I)cc2Cl)c1. The Balaban J connectivity index is 2.35. The molecule has 4 N–H and O–H groups in total. The van der Waals surface area contributed by atoms with E-state index in [1.54, 1.807) is 25.2 Å². The van der Waals surface area contributed by atoms with Gasteiger partial charge in [0.15, 0.2) is 0 Å². The average Bonchev–Trinajstić information content (AvgIpc) is 2.43. The lowest BCUT2D eigenvalue weighted by Crippen LogP contribution is -2.18. The summed E-state index contributed by atoms with van der Waals surface area (Å²) in [5.74, 6) is -0.165. The lowest BCUT2D eigenvalue weighted by molar-refractivity contribution is 0.0963. The molecule has 0 aliphatic rings. The van der Waals surface area contributed by atoms with E-state index in [4.69, 9.17) is 17.3 Å². The summed E-state index contributed by atoms with van der Waals surface area (Å²) in [7, 11) is 1.59. The molecule has 0 radical (unpaired) electrons. The van der Waals surface area contributed by atoms with Gasteiger partial charge in [-0.25, -0.2) is 0 Å². The Kier molecular flexibility index (Phi) is 4.72. The van der Waals surface area contributed by atoms with E-state index in [0.717, 1.165) is 9.26 Å². The van der Waals surface area contributed by atoms with E-state index in [1.165, 1.54) is 0 Å². The second-order valence-corrected chi connectivity index (χ2v) is 5.78. The minimum atomic E-state index is -0.165. The second kappa shape index (κ2) is 6.32. The molecule has 0 fully saturated rings. The molecule has 4 nitrogen and oxygen atoms in total. The number of anilines is 3. The van der Waals surface area contributed by atoms with Crippen LogP contribution in [-0.2, 0) is 0 Å². The molecule has 2 aromatic rings. The number of carbonyl (C=O) groups excluding carboxylic acids is 1. The number of carbonyl (C=O) groups is 1. The first kappa shape index (κ1) is 14.9. The van der Waals surface area contributed by atoms with Crippen molar-refractivity contribution in [2.24, 2.45) is 0 Å². The Labute approximate surface area is 135 Å². The molecule has 1 amide bonds. The van der Waals surface area contributed by atoms with Crippen LogP contribution in [-0.4, -0.2) is 13.0 Å². The summed E-state index contributed by atoms with van der Waals surface area (Å²) in [5, 5.41) is 6.32. The van der Waals surface area contributed by atoms with Gasteiger partial charge in [-0.15, -0.1) is 0 Å². The van der Waals surface area contributed by atoms with E-state index in [1.807, 2.05) is 18.2 Å². The number of nitrogens with two attached hydrogens (primary N) is 1. The molecule has 0 aliphatic carbocycles. The van der Waals surface area contributed by atoms with Crippen molar-refractivity contribution < 1.29 is 4.79 Å². The van der Waals surface area contributed by atoms with Crippen molar-refractivity contribution in [3.8, 4) is 0 Å². The molecular weight excluding hydrogens is 389 g/mol. The maximum absolute atomic E-state index is 11.6. The fraction of sp³-hybridized carbons (Fsp3) is 0.0714. The quantitative estimate of drug-likeness (QED) is 0.543. The number of nitrogens with one attached hydrogen (secondary N) is 2. The van der Waals surface area contributed by atoms with Gasteiger partial charge in [-0.1, -0.05) is 11.6 Å². The lowest BCUT2D eigenvalue weighted by Gasteiger charge is -2.12. The van der Waals surface area contributed by atoms with Gasteiger partial charge in [0.25, 0.3) is 5.91 Å². The molecule has 20 heavy (non-hydrogen) atoms. The van der Waals surface area contributed by atoms with Crippen molar-refractivity contribution in [2.45, 2.75) is 0 Å². The third kappa shape index (κ3) is 3.34. The van der Waals surface area contributed by atoms with Crippen molar-refractivity contribution in [3.63, 3.8) is 0 Å². The van der Waals surface area contributed by atoms with Crippen molar-refractivity contribution >= 4 is 57.2 Å². The standard InChI is InChI=1S/C14H13ClIN3O/c1-18-14(20)8-2-4-11(17)13(6-8)19-12-5-3-9(16)7-10(12)15/h2-7,19H,17H2,1H3,(H,18,20). The van der Waals surface area contributed by atoms with E-state index >= 15 is 0 Å². The highest BCUT2D eigenvalue weighted by Gasteiger charge is 2.08. The normalized spacial score (nSPS) is 10.2. The summed E-state index contributed by atoms with van der Waals surface area (Å²) in [6.45, 7) is 0. The van der Waals surface area contributed by atoms with Crippen LogP contribution in [0.25, 0.3) is 0 Å². The van der Waals surface area contributed by atoms with Crippen LogP contribution in [0.5, 0.6) is 0 Å². The third-order valence-electron chi connectivity index (χ3n) is 2.74. The van der Waals surface area contributed by atoms with Crippen molar-refractivity contribution in [1.29, 1.82) is 0 Å².